The largest absolute Gasteiger partial charge is 0.353 e. The Morgan fingerprint density at radius 1 is 1.33 bits per heavy atom. The second-order valence-electron chi connectivity index (χ2n) is 6.47. The first kappa shape index (κ1) is 16.4. The van der Waals surface area contributed by atoms with Crippen LogP contribution < -0.4 is 5.32 Å². The van der Waals surface area contributed by atoms with Crippen molar-refractivity contribution in [2.45, 2.75) is 44.9 Å². The quantitative estimate of drug-likeness (QED) is 0.429. The van der Waals surface area contributed by atoms with Gasteiger partial charge in [0.05, 0.1) is 0 Å². The molecule has 2 rings (SSSR count). The zero-order valence-corrected chi connectivity index (χ0v) is 15.3. The molecule has 1 N–H and O–H groups in total. The van der Waals surface area contributed by atoms with Crippen molar-refractivity contribution in [3.05, 3.63) is 0 Å². The summed E-state index contributed by atoms with van der Waals surface area (Å²) in [6, 6.07) is 0.610. The molecule has 0 aromatic heterocycles. The number of hydrogen-bond acceptors (Lipinski definition) is 2. The number of hydrogen-bond donors (Lipinski definition) is 1. The smallest absolute Gasteiger partial charge is 0.193 e. The van der Waals surface area contributed by atoms with Gasteiger partial charge in [-0.25, -0.2) is 0 Å². The summed E-state index contributed by atoms with van der Waals surface area (Å²) in [5.74, 6) is 2.29. The van der Waals surface area contributed by atoms with Crippen LogP contribution in [0.1, 0.15) is 34.1 Å². The van der Waals surface area contributed by atoms with Gasteiger partial charge in [-0.1, -0.05) is 13.8 Å². The SMILES string of the molecule is CN=C(NC1CC1(C)C)N1CCSC(C)(C)C1.I. The summed E-state index contributed by atoms with van der Waals surface area (Å²) in [5, 5.41) is 3.61. The highest BCUT2D eigenvalue weighted by molar-refractivity contribution is 14.0. The molecule has 2 fully saturated rings. The van der Waals surface area contributed by atoms with Crippen LogP contribution in [0.4, 0.5) is 0 Å². The third-order valence-electron chi connectivity index (χ3n) is 3.75. The van der Waals surface area contributed by atoms with Gasteiger partial charge in [-0.15, -0.1) is 24.0 Å². The maximum atomic E-state index is 4.45. The minimum absolute atomic E-state index is 0. The Kier molecular flexibility index (Phi) is 5.26. The topological polar surface area (TPSA) is 27.6 Å². The van der Waals surface area contributed by atoms with Gasteiger partial charge in [0.1, 0.15) is 0 Å². The highest BCUT2D eigenvalue weighted by atomic mass is 127. The van der Waals surface area contributed by atoms with Crippen molar-refractivity contribution in [3.63, 3.8) is 0 Å². The zero-order chi connectivity index (χ0) is 12.7. The minimum atomic E-state index is 0. The Morgan fingerprint density at radius 2 is 1.94 bits per heavy atom. The molecule has 1 aliphatic heterocycles. The zero-order valence-electron chi connectivity index (χ0n) is 12.1. The fourth-order valence-corrected chi connectivity index (χ4v) is 3.48. The van der Waals surface area contributed by atoms with Crippen LogP contribution in [0.5, 0.6) is 0 Å². The van der Waals surface area contributed by atoms with Crippen LogP contribution in [0, 0.1) is 5.41 Å². The molecule has 3 nitrogen and oxygen atoms in total. The van der Waals surface area contributed by atoms with E-state index in [0.717, 1.165) is 19.0 Å². The molecule has 1 aliphatic carbocycles. The highest BCUT2D eigenvalue weighted by Gasteiger charge is 2.46. The molecule has 0 amide bonds. The maximum absolute atomic E-state index is 4.45. The summed E-state index contributed by atoms with van der Waals surface area (Å²) >= 11 is 2.06. The molecule has 0 radical (unpaired) electrons. The van der Waals surface area contributed by atoms with Crippen LogP contribution in [-0.4, -0.2) is 47.5 Å². The molecule has 1 saturated heterocycles. The van der Waals surface area contributed by atoms with Gasteiger partial charge >= 0.3 is 0 Å². The number of nitrogens with zero attached hydrogens (tertiary/aromatic N) is 2. The van der Waals surface area contributed by atoms with Gasteiger partial charge in [0.2, 0.25) is 0 Å². The molecule has 0 spiro atoms. The summed E-state index contributed by atoms with van der Waals surface area (Å²) in [6.45, 7) is 11.5. The summed E-state index contributed by atoms with van der Waals surface area (Å²) < 4.78 is 0.342. The Labute approximate surface area is 133 Å². The lowest BCUT2D eigenvalue weighted by Gasteiger charge is -2.39. The number of aliphatic imine (C=N–C) groups is 1. The predicted molar refractivity (Wildman–Crippen MR) is 92.2 cm³/mol. The van der Waals surface area contributed by atoms with Gasteiger partial charge in [0.25, 0.3) is 0 Å². The molecule has 1 atom stereocenters. The third-order valence-corrected chi connectivity index (χ3v) is 5.05. The van der Waals surface area contributed by atoms with E-state index in [0.29, 0.717) is 16.2 Å². The van der Waals surface area contributed by atoms with Crippen molar-refractivity contribution in [3.8, 4) is 0 Å². The Hall–Kier alpha value is 0.350. The fourth-order valence-electron chi connectivity index (χ4n) is 2.36. The van der Waals surface area contributed by atoms with E-state index >= 15 is 0 Å². The molecule has 1 saturated carbocycles. The van der Waals surface area contributed by atoms with Crippen LogP contribution in [0.15, 0.2) is 4.99 Å². The molecule has 5 heteroatoms. The van der Waals surface area contributed by atoms with Crippen LogP contribution in [-0.2, 0) is 0 Å². The van der Waals surface area contributed by atoms with Crippen molar-refractivity contribution in [1.29, 1.82) is 0 Å². The van der Waals surface area contributed by atoms with Crippen LogP contribution in [0.3, 0.4) is 0 Å². The van der Waals surface area contributed by atoms with E-state index in [1.807, 2.05) is 7.05 Å². The first-order valence-corrected chi connectivity index (χ1v) is 7.45. The molecular weight excluding hydrogens is 357 g/mol. The summed E-state index contributed by atoms with van der Waals surface area (Å²) in [5.41, 5.74) is 0.454. The number of guanidine groups is 1. The van der Waals surface area contributed by atoms with Gasteiger partial charge in [0, 0.05) is 36.7 Å². The number of halogens is 1. The van der Waals surface area contributed by atoms with E-state index in [9.17, 15) is 0 Å². The van der Waals surface area contributed by atoms with Crippen LogP contribution in [0.25, 0.3) is 0 Å². The predicted octanol–water partition coefficient (Wildman–Crippen LogP) is 2.81. The van der Waals surface area contributed by atoms with Gasteiger partial charge in [-0.05, 0) is 25.7 Å². The van der Waals surface area contributed by atoms with Gasteiger partial charge in [-0.2, -0.15) is 11.8 Å². The molecule has 2 aliphatic rings. The molecule has 106 valence electrons. The first-order chi connectivity index (χ1) is 7.84. The van der Waals surface area contributed by atoms with E-state index < -0.39 is 0 Å². The lowest BCUT2D eigenvalue weighted by Crippen LogP contribution is -2.51. The first-order valence-electron chi connectivity index (χ1n) is 6.46. The van der Waals surface area contributed by atoms with Gasteiger partial charge in [-0.3, -0.25) is 4.99 Å². The fraction of sp³-hybridized carbons (Fsp3) is 0.923. The van der Waals surface area contributed by atoms with Crippen molar-refractivity contribution < 1.29 is 0 Å². The molecule has 1 unspecified atom stereocenters. The molecule has 1 heterocycles. The number of rotatable bonds is 1. The molecule has 0 bridgehead atoms. The molecule has 0 aromatic rings. The molecular formula is C13H26IN3S. The monoisotopic (exact) mass is 383 g/mol. The summed E-state index contributed by atoms with van der Waals surface area (Å²) in [4.78, 5) is 6.85. The van der Waals surface area contributed by atoms with Crippen molar-refractivity contribution in [2.24, 2.45) is 10.4 Å². The Bertz CT molecular complexity index is 328. The standard InChI is InChI=1S/C13H25N3S.HI/c1-12(2)8-10(12)15-11(14-5)16-6-7-17-13(3,4)9-16;/h10H,6-9H2,1-5H3,(H,14,15);1H. The lowest BCUT2D eigenvalue weighted by atomic mass is 10.2. The van der Waals surface area contributed by atoms with Crippen molar-refractivity contribution in [2.75, 3.05) is 25.9 Å². The summed E-state index contributed by atoms with van der Waals surface area (Å²) in [7, 11) is 1.90. The van der Waals surface area contributed by atoms with E-state index in [-0.39, 0.29) is 24.0 Å². The maximum Gasteiger partial charge on any atom is 0.193 e. The average Bonchev–Trinajstić information content (AvgIpc) is 2.81. The second kappa shape index (κ2) is 5.77. The van der Waals surface area contributed by atoms with E-state index in [2.05, 4.69) is 54.7 Å². The number of thioether (sulfide) groups is 1. The lowest BCUT2D eigenvalue weighted by molar-refractivity contribution is 0.373. The third kappa shape index (κ3) is 3.92. The molecule has 18 heavy (non-hydrogen) atoms. The van der Waals surface area contributed by atoms with E-state index in [1.165, 1.54) is 12.2 Å². The minimum Gasteiger partial charge on any atom is -0.353 e. The van der Waals surface area contributed by atoms with E-state index in [1.54, 1.807) is 0 Å². The normalized spacial score (nSPS) is 29.5. The van der Waals surface area contributed by atoms with Crippen LogP contribution >= 0.6 is 35.7 Å². The average molecular weight is 383 g/mol. The van der Waals surface area contributed by atoms with Gasteiger partial charge in [0.15, 0.2) is 5.96 Å². The Morgan fingerprint density at radius 3 is 2.39 bits per heavy atom. The second-order valence-corrected chi connectivity index (χ2v) is 8.27. The molecule has 0 aromatic carbocycles. The van der Waals surface area contributed by atoms with Crippen molar-refractivity contribution >= 4 is 41.7 Å². The van der Waals surface area contributed by atoms with Gasteiger partial charge < -0.3 is 10.2 Å². The van der Waals surface area contributed by atoms with Crippen LogP contribution in [0.2, 0.25) is 0 Å². The highest BCUT2D eigenvalue weighted by Crippen LogP contribution is 2.44. The van der Waals surface area contributed by atoms with Crippen molar-refractivity contribution in [1.82, 2.24) is 10.2 Å². The van der Waals surface area contributed by atoms with E-state index in [4.69, 9.17) is 0 Å². The Balaban J connectivity index is 0.00000162. The number of nitrogens with one attached hydrogen (secondary N) is 1. The summed E-state index contributed by atoms with van der Waals surface area (Å²) in [6.07, 6.45) is 1.26.